The van der Waals surface area contributed by atoms with E-state index in [2.05, 4.69) is 23.9 Å². The Morgan fingerprint density at radius 2 is 2.12 bits per heavy atom. The minimum absolute atomic E-state index is 0.105. The number of carbonyl (C=O) groups excluding carboxylic acids is 1. The predicted octanol–water partition coefficient (Wildman–Crippen LogP) is 3.16. The Labute approximate surface area is 154 Å². The molecule has 0 bridgehead atoms. The number of aryl methyl sites for hydroxylation is 1. The molecule has 1 aliphatic heterocycles. The zero-order valence-corrected chi connectivity index (χ0v) is 15.6. The summed E-state index contributed by atoms with van der Waals surface area (Å²) in [6, 6.07) is 9.49. The van der Waals surface area contributed by atoms with E-state index in [4.69, 9.17) is 14.0 Å². The van der Waals surface area contributed by atoms with Crippen LogP contribution in [0.25, 0.3) is 11.3 Å². The molecule has 1 unspecified atom stereocenters. The lowest BCUT2D eigenvalue weighted by molar-refractivity contribution is -0.0612. The van der Waals surface area contributed by atoms with Gasteiger partial charge in [-0.1, -0.05) is 49.3 Å². The first kappa shape index (κ1) is 18.6. The molecule has 0 spiro atoms. The van der Waals surface area contributed by atoms with Crippen molar-refractivity contribution in [1.82, 2.24) is 10.1 Å². The molecular formula is C20H26N2O4. The van der Waals surface area contributed by atoms with E-state index in [1.165, 1.54) is 0 Å². The number of ether oxygens (including phenoxy) is 2. The van der Waals surface area contributed by atoms with Gasteiger partial charge in [0.1, 0.15) is 29.7 Å². The van der Waals surface area contributed by atoms with Gasteiger partial charge in [0.05, 0.1) is 6.61 Å². The highest BCUT2D eigenvalue weighted by Gasteiger charge is 2.26. The Morgan fingerprint density at radius 3 is 2.85 bits per heavy atom. The monoisotopic (exact) mass is 358 g/mol. The Morgan fingerprint density at radius 1 is 1.35 bits per heavy atom. The van der Waals surface area contributed by atoms with Crippen LogP contribution in [0.1, 0.15) is 30.0 Å². The van der Waals surface area contributed by atoms with Crippen molar-refractivity contribution < 1.29 is 18.8 Å². The second-order valence-corrected chi connectivity index (χ2v) is 7.07. The van der Waals surface area contributed by atoms with Crippen molar-refractivity contribution in [3.05, 3.63) is 41.7 Å². The topological polar surface area (TPSA) is 64.8 Å². The second-order valence-electron chi connectivity index (χ2n) is 7.07. The quantitative estimate of drug-likeness (QED) is 0.739. The van der Waals surface area contributed by atoms with E-state index in [1.807, 2.05) is 30.3 Å². The fraction of sp³-hybridized carbons (Fsp3) is 0.500. The molecule has 6 heteroatoms. The Kier molecular flexibility index (Phi) is 6.06. The number of aromatic nitrogens is 1. The number of morpholine rings is 1. The van der Waals surface area contributed by atoms with E-state index in [9.17, 15) is 4.79 Å². The molecule has 0 N–H and O–H groups in total. The normalized spacial score (nSPS) is 18.2. The third-order valence-corrected chi connectivity index (χ3v) is 4.36. The van der Waals surface area contributed by atoms with E-state index in [0.717, 1.165) is 25.2 Å². The molecule has 26 heavy (non-hydrogen) atoms. The Bertz CT molecular complexity index is 727. The average molecular weight is 358 g/mol. The van der Waals surface area contributed by atoms with Crippen LogP contribution >= 0.6 is 0 Å². The van der Waals surface area contributed by atoms with Gasteiger partial charge in [-0.3, -0.25) is 4.90 Å². The lowest BCUT2D eigenvalue weighted by Crippen LogP contribution is -2.45. The van der Waals surface area contributed by atoms with Gasteiger partial charge >= 0.3 is 5.97 Å². The largest absolute Gasteiger partial charge is 0.459 e. The molecular weight excluding hydrogens is 332 g/mol. The van der Waals surface area contributed by atoms with E-state index in [1.54, 1.807) is 6.92 Å². The number of hydrogen-bond donors (Lipinski definition) is 0. The molecule has 2 heterocycles. The zero-order valence-electron chi connectivity index (χ0n) is 15.6. The lowest BCUT2D eigenvalue weighted by Gasteiger charge is -2.33. The SMILES string of the molecule is Cc1onc(-c2ccccc2)c1C(=O)OCC1CN(CC(C)C)CCO1. The summed E-state index contributed by atoms with van der Waals surface area (Å²) in [4.78, 5) is 15.0. The van der Waals surface area contributed by atoms with Crippen molar-refractivity contribution in [2.24, 2.45) is 5.92 Å². The Balaban J connectivity index is 1.63. The minimum Gasteiger partial charge on any atom is -0.459 e. The van der Waals surface area contributed by atoms with Gasteiger partial charge < -0.3 is 14.0 Å². The summed E-state index contributed by atoms with van der Waals surface area (Å²) in [6.45, 7) is 9.73. The summed E-state index contributed by atoms with van der Waals surface area (Å²) in [7, 11) is 0. The van der Waals surface area contributed by atoms with Crippen molar-refractivity contribution in [1.29, 1.82) is 0 Å². The van der Waals surface area contributed by atoms with Crippen LogP contribution in [0.3, 0.4) is 0 Å². The van der Waals surface area contributed by atoms with Crippen LogP contribution in [0.4, 0.5) is 0 Å². The first-order valence-electron chi connectivity index (χ1n) is 9.07. The molecule has 0 aliphatic carbocycles. The van der Waals surface area contributed by atoms with Crippen molar-refractivity contribution in [2.75, 3.05) is 32.8 Å². The summed E-state index contributed by atoms with van der Waals surface area (Å²) < 4.78 is 16.5. The summed E-state index contributed by atoms with van der Waals surface area (Å²) in [5.74, 6) is 0.636. The molecule has 1 atom stereocenters. The molecule has 140 valence electrons. The van der Waals surface area contributed by atoms with Crippen LogP contribution in [-0.2, 0) is 9.47 Å². The molecule has 0 amide bonds. The first-order chi connectivity index (χ1) is 12.5. The van der Waals surface area contributed by atoms with E-state index in [-0.39, 0.29) is 12.7 Å². The maximum atomic E-state index is 12.6. The van der Waals surface area contributed by atoms with Gasteiger partial charge in [0, 0.05) is 25.2 Å². The molecule has 0 radical (unpaired) electrons. The lowest BCUT2D eigenvalue weighted by atomic mass is 10.1. The van der Waals surface area contributed by atoms with Crippen molar-refractivity contribution in [3.8, 4) is 11.3 Å². The molecule has 2 aromatic rings. The second kappa shape index (κ2) is 8.47. The molecule has 6 nitrogen and oxygen atoms in total. The van der Waals surface area contributed by atoms with Gasteiger partial charge in [-0.2, -0.15) is 0 Å². The smallest absolute Gasteiger partial charge is 0.344 e. The fourth-order valence-electron chi connectivity index (χ4n) is 3.21. The third-order valence-electron chi connectivity index (χ3n) is 4.36. The van der Waals surface area contributed by atoms with Gasteiger partial charge in [0.2, 0.25) is 0 Å². The van der Waals surface area contributed by atoms with Crippen LogP contribution < -0.4 is 0 Å². The van der Waals surface area contributed by atoms with Gasteiger partial charge in [0.25, 0.3) is 0 Å². The van der Waals surface area contributed by atoms with E-state index in [0.29, 0.717) is 29.5 Å². The molecule has 0 saturated carbocycles. The predicted molar refractivity (Wildman–Crippen MR) is 98.0 cm³/mol. The molecule has 1 saturated heterocycles. The maximum absolute atomic E-state index is 12.6. The van der Waals surface area contributed by atoms with E-state index >= 15 is 0 Å². The van der Waals surface area contributed by atoms with Crippen LogP contribution in [0.5, 0.6) is 0 Å². The molecule has 1 fully saturated rings. The van der Waals surface area contributed by atoms with Crippen molar-refractivity contribution >= 4 is 5.97 Å². The summed E-state index contributed by atoms with van der Waals surface area (Å²) >= 11 is 0. The highest BCUT2D eigenvalue weighted by Crippen LogP contribution is 2.25. The summed E-state index contributed by atoms with van der Waals surface area (Å²) in [5, 5.41) is 4.03. The highest BCUT2D eigenvalue weighted by molar-refractivity contribution is 5.97. The van der Waals surface area contributed by atoms with Crippen LogP contribution in [0, 0.1) is 12.8 Å². The van der Waals surface area contributed by atoms with Gasteiger partial charge in [-0.25, -0.2) is 4.79 Å². The minimum atomic E-state index is -0.424. The maximum Gasteiger partial charge on any atom is 0.344 e. The molecule has 3 rings (SSSR count). The fourth-order valence-corrected chi connectivity index (χ4v) is 3.21. The highest BCUT2D eigenvalue weighted by atomic mass is 16.6. The zero-order chi connectivity index (χ0) is 18.5. The number of esters is 1. The number of hydrogen-bond acceptors (Lipinski definition) is 6. The van der Waals surface area contributed by atoms with Gasteiger partial charge in [-0.15, -0.1) is 0 Å². The Hall–Kier alpha value is -2.18. The molecule has 1 aromatic carbocycles. The number of benzene rings is 1. The van der Waals surface area contributed by atoms with Crippen LogP contribution in [0.15, 0.2) is 34.9 Å². The van der Waals surface area contributed by atoms with Crippen molar-refractivity contribution in [3.63, 3.8) is 0 Å². The number of nitrogens with zero attached hydrogens (tertiary/aromatic N) is 2. The summed E-state index contributed by atoms with van der Waals surface area (Å²) in [5.41, 5.74) is 1.72. The third kappa shape index (κ3) is 4.51. The van der Waals surface area contributed by atoms with Gasteiger partial charge in [-0.05, 0) is 12.8 Å². The standard InChI is InChI=1S/C20H26N2O4/c1-14(2)11-22-9-10-24-17(12-22)13-25-20(23)18-15(3)26-21-19(18)16-7-5-4-6-8-16/h4-8,14,17H,9-13H2,1-3H3. The number of rotatable bonds is 6. The molecule has 1 aromatic heterocycles. The first-order valence-corrected chi connectivity index (χ1v) is 9.07. The van der Waals surface area contributed by atoms with Crippen molar-refractivity contribution in [2.45, 2.75) is 26.9 Å². The van der Waals surface area contributed by atoms with E-state index < -0.39 is 5.97 Å². The van der Waals surface area contributed by atoms with Crippen LogP contribution in [-0.4, -0.2) is 55.0 Å². The van der Waals surface area contributed by atoms with Crippen LogP contribution in [0.2, 0.25) is 0 Å². The average Bonchev–Trinajstić information content (AvgIpc) is 3.02. The molecule has 1 aliphatic rings. The number of carbonyl (C=O) groups is 1. The summed E-state index contributed by atoms with van der Waals surface area (Å²) in [6.07, 6.45) is -0.105. The van der Waals surface area contributed by atoms with Gasteiger partial charge in [0.15, 0.2) is 0 Å².